The van der Waals surface area contributed by atoms with Crippen molar-refractivity contribution < 1.29 is 23.8 Å². The van der Waals surface area contributed by atoms with Crippen LogP contribution in [0.2, 0.25) is 0 Å². The molecule has 0 N–H and O–H groups in total. The Labute approximate surface area is 343 Å². The van der Waals surface area contributed by atoms with Crippen LogP contribution in [-0.4, -0.2) is 62.9 Å². The first kappa shape index (κ1) is 51.9. The van der Waals surface area contributed by atoms with Crippen molar-refractivity contribution in [2.24, 2.45) is 17.3 Å². The number of esters is 2. The third kappa shape index (κ3) is 28.0. The van der Waals surface area contributed by atoms with Crippen molar-refractivity contribution in [1.82, 2.24) is 4.90 Å². The van der Waals surface area contributed by atoms with Gasteiger partial charge in [-0.25, -0.2) is 0 Å². The summed E-state index contributed by atoms with van der Waals surface area (Å²) in [6, 6.07) is 0. The van der Waals surface area contributed by atoms with Crippen LogP contribution in [0.4, 0.5) is 0 Å². The van der Waals surface area contributed by atoms with E-state index in [4.69, 9.17) is 14.2 Å². The highest BCUT2D eigenvalue weighted by Crippen LogP contribution is 2.39. The zero-order valence-corrected chi connectivity index (χ0v) is 37.7. The molecule has 0 saturated carbocycles. The fraction of sp³-hybridized carbons (Fsp3) is 0.959. The Balaban J connectivity index is 2.82. The molecule has 2 atom stereocenters. The van der Waals surface area contributed by atoms with Crippen LogP contribution in [0, 0.1) is 17.3 Å². The van der Waals surface area contributed by atoms with Gasteiger partial charge >= 0.3 is 11.9 Å². The van der Waals surface area contributed by atoms with Crippen LogP contribution in [0.3, 0.4) is 0 Å². The number of hydrogen-bond donors (Lipinski definition) is 0. The fourth-order valence-corrected chi connectivity index (χ4v) is 8.47. The Kier molecular flexibility index (Phi) is 35.0. The van der Waals surface area contributed by atoms with Crippen molar-refractivity contribution in [2.45, 2.75) is 240 Å². The highest BCUT2D eigenvalue weighted by atomic mass is 16.5. The summed E-state index contributed by atoms with van der Waals surface area (Å²) in [4.78, 5) is 29.7. The van der Waals surface area contributed by atoms with Crippen LogP contribution in [0.1, 0.15) is 240 Å². The van der Waals surface area contributed by atoms with Gasteiger partial charge in [0.25, 0.3) is 0 Å². The second kappa shape index (κ2) is 37.2. The van der Waals surface area contributed by atoms with Crippen LogP contribution in [0.15, 0.2) is 0 Å². The number of carbonyl (C=O) groups excluding carboxylic acids is 2. The molecule has 1 aliphatic rings. The Hall–Kier alpha value is -1.14. The monoisotopic (exact) mass is 778 g/mol. The molecule has 55 heavy (non-hydrogen) atoms. The van der Waals surface area contributed by atoms with Gasteiger partial charge < -0.3 is 19.1 Å². The number of rotatable bonds is 40. The summed E-state index contributed by atoms with van der Waals surface area (Å²) in [6.45, 7) is 17.2. The summed E-state index contributed by atoms with van der Waals surface area (Å²) in [5.74, 6) is 0.138. The van der Waals surface area contributed by atoms with Gasteiger partial charge in [0.15, 0.2) is 0 Å². The molecule has 0 aromatic heterocycles. The third-order valence-corrected chi connectivity index (χ3v) is 12.6. The summed E-state index contributed by atoms with van der Waals surface area (Å²) >= 11 is 0. The highest BCUT2D eigenvalue weighted by molar-refractivity contribution is 5.72. The molecule has 2 unspecified atom stereocenters. The minimum Gasteiger partial charge on any atom is -0.465 e. The molecule has 1 heterocycles. The number of piperidine rings is 1. The van der Waals surface area contributed by atoms with E-state index in [0.29, 0.717) is 13.2 Å². The molecule has 0 spiro atoms. The zero-order chi connectivity index (χ0) is 40.1. The Morgan fingerprint density at radius 3 is 1.24 bits per heavy atom. The number of nitrogens with zero attached hydrogens (tertiary/aromatic N) is 1. The van der Waals surface area contributed by atoms with Gasteiger partial charge in [-0.15, -0.1) is 0 Å². The Morgan fingerprint density at radius 1 is 0.455 bits per heavy atom. The lowest BCUT2D eigenvalue weighted by molar-refractivity contribution is -0.151. The molecule has 0 aromatic carbocycles. The first-order valence-electron chi connectivity index (χ1n) is 24.6. The molecular weight excluding hydrogens is 683 g/mol. The molecule has 0 bridgehead atoms. The molecule has 6 nitrogen and oxygen atoms in total. The maximum atomic E-state index is 13.6. The van der Waals surface area contributed by atoms with E-state index in [1.54, 1.807) is 0 Å². The van der Waals surface area contributed by atoms with Crippen LogP contribution in [-0.2, 0) is 23.8 Å². The average molecular weight is 778 g/mol. The van der Waals surface area contributed by atoms with Crippen molar-refractivity contribution in [3.63, 3.8) is 0 Å². The molecule has 326 valence electrons. The summed E-state index contributed by atoms with van der Waals surface area (Å²) in [6.07, 6.45) is 37.0. The number of ether oxygens (including phenoxy) is 3. The first-order valence-corrected chi connectivity index (χ1v) is 24.6. The van der Waals surface area contributed by atoms with Crippen LogP contribution in [0.25, 0.3) is 0 Å². The SMILES string of the molecule is CCCCCCCCC(CCCCCC)C(=O)OCCC1(CCOC(=O)C(CCCCCC)CCCCCCCC)CCN(CCCCOCCCC)CC1. The van der Waals surface area contributed by atoms with E-state index in [0.717, 1.165) is 123 Å². The Morgan fingerprint density at radius 2 is 0.818 bits per heavy atom. The molecule has 0 aliphatic carbocycles. The maximum Gasteiger partial charge on any atom is 0.308 e. The smallest absolute Gasteiger partial charge is 0.308 e. The van der Waals surface area contributed by atoms with Gasteiger partial charge in [-0.05, 0) is 95.7 Å². The maximum absolute atomic E-state index is 13.6. The number of likely N-dealkylation sites (tertiary alicyclic amines) is 1. The largest absolute Gasteiger partial charge is 0.465 e. The lowest BCUT2D eigenvalue weighted by Gasteiger charge is -2.42. The minimum atomic E-state index is 0.0332. The summed E-state index contributed by atoms with van der Waals surface area (Å²) in [7, 11) is 0. The zero-order valence-electron chi connectivity index (χ0n) is 37.7. The third-order valence-electron chi connectivity index (χ3n) is 12.6. The van der Waals surface area contributed by atoms with Gasteiger partial charge in [0.05, 0.1) is 25.0 Å². The molecule has 1 rings (SSSR count). The van der Waals surface area contributed by atoms with Gasteiger partial charge in [0, 0.05) is 13.2 Å². The van der Waals surface area contributed by atoms with Gasteiger partial charge in [-0.1, -0.05) is 169 Å². The lowest BCUT2D eigenvalue weighted by atomic mass is 9.73. The molecule has 1 aliphatic heterocycles. The molecular formula is C49H95NO5. The van der Waals surface area contributed by atoms with Crippen molar-refractivity contribution in [3.8, 4) is 0 Å². The highest BCUT2D eigenvalue weighted by Gasteiger charge is 2.35. The molecule has 0 radical (unpaired) electrons. The number of hydrogen-bond acceptors (Lipinski definition) is 6. The lowest BCUT2D eigenvalue weighted by Crippen LogP contribution is -2.42. The molecule has 1 fully saturated rings. The van der Waals surface area contributed by atoms with Gasteiger partial charge in [-0.2, -0.15) is 0 Å². The van der Waals surface area contributed by atoms with Crippen molar-refractivity contribution in [2.75, 3.05) is 46.1 Å². The van der Waals surface area contributed by atoms with Gasteiger partial charge in [0.1, 0.15) is 0 Å². The van der Waals surface area contributed by atoms with Gasteiger partial charge in [0.2, 0.25) is 0 Å². The number of unbranched alkanes of at least 4 members (excludes halogenated alkanes) is 18. The predicted molar refractivity (Wildman–Crippen MR) is 235 cm³/mol. The average Bonchev–Trinajstić information content (AvgIpc) is 3.19. The topological polar surface area (TPSA) is 65.1 Å². The summed E-state index contributed by atoms with van der Waals surface area (Å²) in [5.41, 5.74) is 0.0477. The van der Waals surface area contributed by atoms with Gasteiger partial charge in [-0.3, -0.25) is 9.59 Å². The second-order valence-electron chi connectivity index (χ2n) is 17.6. The fourth-order valence-electron chi connectivity index (χ4n) is 8.47. The second-order valence-corrected chi connectivity index (χ2v) is 17.6. The van der Waals surface area contributed by atoms with E-state index in [-0.39, 0.29) is 29.2 Å². The normalized spacial score (nSPS) is 15.6. The molecule has 1 saturated heterocycles. The van der Waals surface area contributed by atoms with Crippen LogP contribution >= 0.6 is 0 Å². The first-order chi connectivity index (χ1) is 26.9. The van der Waals surface area contributed by atoms with Crippen LogP contribution < -0.4 is 0 Å². The van der Waals surface area contributed by atoms with E-state index >= 15 is 0 Å². The standard InChI is InChI=1S/C49H95NO5/c1-6-11-16-20-22-26-32-45(30-24-18-13-8-3)47(51)54-43-36-49(34-39-50(40-35-49)38-28-29-42-53-41-15-10-5)37-44-55-48(52)46(31-25-19-14-9-4)33-27-23-21-17-12-7-2/h45-46H,6-44H2,1-5H3. The van der Waals surface area contributed by atoms with Crippen LogP contribution in [0.5, 0.6) is 0 Å². The Bertz CT molecular complexity index is 804. The van der Waals surface area contributed by atoms with Crippen molar-refractivity contribution in [1.29, 1.82) is 0 Å². The summed E-state index contributed by atoms with van der Waals surface area (Å²) < 4.78 is 18.1. The molecule has 0 aromatic rings. The van der Waals surface area contributed by atoms with Crippen molar-refractivity contribution in [3.05, 3.63) is 0 Å². The van der Waals surface area contributed by atoms with Crippen molar-refractivity contribution >= 4 is 11.9 Å². The number of carbonyl (C=O) groups is 2. The van der Waals surface area contributed by atoms with E-state index in [1.165, 1.54) is 116 Å². The quantitative estimate of drug-likeness (QED) is 0.0456. The minimum absolute atomic E-state index is 0.0332. The molecule has 0 amide bonds. The summed E-state index contributed by atoms with van der Waals surface area (Å²) in [5, 5.41) is 0. The van der Waals surface area contributed by atoms with E-state index in [9.17, 15) is 9.59 Å². The predicted octanol–water partition coefficient (Wildman–Crippen LogP) is 14.2. The van der Waals surface area contributed by atoms with E-state index in [1.807, 2.05) is 0 Å². The van der Waals surface area contributed by atoms with E-state index in [2.05, 4.69) is 39.5 Å². The molecule has 6 heteroatoms. The van der Waals surface area contributed by atoms with E-state index < -0.39 is 0 Å².